The molecule has 0 aromatic carbocycles. The number of carbonyl (C=O) groups excluding carboxylic acids is 1. The molecule has 1 fully saturated rings. The number of ether oxygens (including phenoxy) is 1. The molecule has 0 atom stereocenters. The monoisotopic (exact) mass is 268 g/mol. The van der Waals surface area contributed by atoms with Gasteiger partial charge in [-0.2, -0.15) is 0 Å². The molecule has 0 bridgehead atoms. The van der Waals surface area contributed by atoms with Gasteiger partial charge in [0.25, 0.3) is 0 Å². The van der Waals surface area contributed by atoms with Crippen molar-refractivity contribution in [3.05, 3.63) is 23.7 Å². The Kier molecular flexibility index (Phi) is 4.40. The molecule has 7 heteroatoms. The minimum absolute atomic E-state index is 0.125. The zero-order valence-electron chi connectivity index (χ0n) is 10.3. The molecule has 1 aromatic heterocycles. The highest BCUT2D eigenvalue weighted by molar-refractivity contribution is 5.84. The molecule has 0 unspecified atom stereocenters. The van der Waals surface area contributed by atoms with E-state index in [4.69, 9.17) is 14.3 Å². The zero-order chi connectivity index (χ0) is 13.7. The van der Waals surface area contributed by atoms with Crippen LogP contribution in [0.25, 0.3) is 0 Å². The Morgan fingerprint density at radius 2 is 2.05 bits per heavy atom. The molecule has 0 radical (unpaired) electrons. The van der Waals surface area contributed by atoms with E-state index in [2.05, 4.69) is 10.6 Å². The second-order valence-corrected chi connectivity index (χ2v) is 4.28. The molecule has 3 N–H and O–H groups in total. The Labute approximate surface area is 109 Å². The van der Waals surface area contributed by atoms with Crippen LogP contribution >= 0.6 is 0 Å². The van der Waals surface area contributed by atoms with Crippen molar-refractivity contribution in [2.75, 3.05) is 13.2 Å². The summed E-state index contributed by atoms with van der Waals surface area (Å²) in [6.45, 7) is 1.47. The molecule has 2 rings (SSSR count). The van der Waals surface area contributed by atoms with Gasteiger partial charge in [-0.05, 0) is 25.0 Å². The van der Waals surface area contributed by atoms with Gasteiger partial charge in [0.15, 0.2) is 0 Å². The first-order valence-corrected chi connectivity index (χ1v) is 6.09. The van der Waals surface area contributed by atoms with E-state index in [9.17, 15) is 9.59 Å². The van der Waals surface area contributed by atoms with E-state index < -0.39 is 5.97 Å². The molecule has 2 amide bonds. The smallest absolute Gasteiger partial charge is 0.371 e. The summed E-state index contributed by atoms with van der Waals surface area (Å²) in [4.78, 5) is 22.2. The van der Waals surface area contributed by atoms with Gasteiger partial charge in [-0.1, -0.05) is 0 Å². The van der Waals surface area contributed by atoms with Gasteiger partial charge in [-0.15, -0.1) is 0 Å². The number of carboxylic acids is 1. The summed E-state index contributed by atoms with van der Waals surface area (Å²) >= 11 is 0. The van der Waals surface area contributed by atoms with Crippen LogP contribution in [0.1, 0.15) is 29.2 Å². The van der Waals surface area contributed by atoms with Crippen LogP contribution in [0.4, 0.5) is 4.79 Å². The first kappa shape index (κ1) is 13.4. The summed E-state index contributed by atoms with van der Waals surface area (Å²) in [5.41, 5.74) is 0. The number of rotatable bonds is 4. The predicted octanol–water partition coefficient (Wildman–Crippen LogP) is 0.956. The molecular formula is C12H16N2O5. The van der Waals surface area contributed by atoms with Crippen LogP contribution in [-0.4, -0.2) is 36.4 Å². The van der Waals surface area contributed by atoms with Gasteiger partial charge < -0.3 is 24.9 Å². The first-order valence-electron chi connectivity index (χ1n) is 6.09. The van der Waals surface area contributed by atoms with Crippen LogP contribution < -0.4 is 10.6 Å². The summed E-state index contributed by atoms with van der Waals surface area (Å²) in [7, 11) is 0. The quantitative estimate of drug-likeness (QED) is 0.755. The van der Waals surface area contributed by atoms with Crippen molar-refractivity contribution in [3.63, 3.8) is 0 Å². The van der Waals surface area contributed by atoms with E-state index in [1.165, 1.54) is 12.1 Å². The molecule has 0 aliphatic carbocycles. The number of hydrogen-bond donors (Lipinski definition) is 3. The summed E-state index contributed by atoms with van der Waals surface area (Å²) in [5, 5.41) is 14.1. The molecule has 19 heavy (non-hydrogen) atoms. The standard InChI is InChI=1S/C12H16N2O5/c15-11(16)10-2-1-9(19-10)7-13-12(17)14-8-3-5-18-6-4-8/h1-2,8H,3-7H2,(H,15,16)(H2,13,14,17). The van der Waals surface area contributed by atoms with E-state index in [0.29, 0.717) is 19.0 Å². The zero-order valence-corrected chi connectivity index (χ0v) is 10.3. The molecule has 104 valence electrons. The van der Waals surface area contributed by atoms with Gasteiger partial charge in [0, 0.05) is 19.3 Å². The Morgan fingerprint density at radius 1 is 1.32 bits per heavy atom. The van der Waals surface area contributed by atoms with Crippen LogP contribution in [0.15, 0.2) is 16.5 Å². The highest BCUT2D eigenvalue weighted by Gasteiger charge is 2.16. The summed E-state index contributed by atoms with van der Waals surface area (Å²) in [6.07, 6.45) is 1.61. The molecule has 1 aliphatic rings. The molecule has 7 nitrogen and oxygen atoms in total. The summed E-state index contributed by atoms with van der Waals surface area (Å²) < 4.78 is 10.2. The van der Waals surface area contributed by atoms with Crippen LogP contribution in [0.2, 0.25) is 0 Å². The Morgan fingerprint density at radius 3 is 2.68 bits per heavy atom. The average Bonchev–Trinajstić information content (AvgIpc) is 2.86. The number of aromatic carboxylic acids is 1. The van der Waals surface area contributed by atoms with Crippen molar-refractivity contribution in [1.29, 1.82) is 0 Å². The maximum Gasteiger partial charge on any atom is 0.371 e. The van der Waals surface area contributed by atoms with E-state index in [0.717, 1.165) is 12.8 Å². The van der Waals surface area contributed by atoms with Gasteiger partial charge in [-0.3, -0.25) is 0 Å². The van der Waals surface area contributed by atoms with Crippen molar-refractivity contribution in [2.45, 2.75) is 25.4 Å². The lowest BCUT2D eigenvalue weighted by atomic mass is 10.1. The second-order valence-electron chi connectivity index (χ2n) is 4.28. The largest absolute Gasteiger partial charge is 0.475 e. The molecule has 2 heterocycles. The number of carboxylic acid groups (broad SMARTS) is 1. The fourth-order valence-electron chi connectivity index (χ4n) is 1.83. The Hall–Kier alpha value is -2.02. The predicted molar refractivity (Wildman–Crippen MR) is 64.9 cm³/mol. The summed E-state index contributed by atoms with van der Waals surface area (Å²) in [6, 6.07) is 2.72. The fourth-order valence-corrected chi connectivity index (χ4v) is 1.83. The average molecular weight is 268 g/mol. The maximum atomic E-state index is 11.6. The lowest BCUT2D eigenvalue weighted by Gasteiger charge is -2.23. The fraction of sp³-hybridized carbons (Fsp3) is 0.500. The molecule has 0 saturated carbocycles. The van der Waals surface area contributed by atoms with Crippen LogP contribution in [0, 0.1) is 0 Å². The van der Waals surface area contributed by atoms with Crippen molar-refractivity contribution in [2.24, 2.45) is 0 Å². The lowest BCUT2D eigenvalue weighted by molar-refractivity contribution is 0.0660. The SMILES string of the molecule is O=C(NCc1ccc(C(=O)O)o1)NC1CCOCC1. The van der Waals surface area contributed by atoms with Crippen LogP contribution in [-0.2, 0) is 11.3 Å². The van der Waals surface area contributed by atoms with E-state index in [1.54, 1.807) is 0 Å². The van der Waals surface area contributed by atoms with E-state index in [-0.39, 0.29) is 24.4 Å². The minimum Gasteiger partial charge on any atom is -0.475 e. The highest BCUT2D eigenvalue weighted by atomic mass is 16.5. The third-order valence-electron chi connectivity index (χ3n) is 2.85. The number of furan rings is 1. The number of carbonyl (C=O) groups is 2. The van der Waals surface area contributed by atoms with Crippen LogP contribution in [0.3, 0.4) is 0 Å². The summed E-state index contributed by atoms with van der Waals surface area (Å²) in [5.74, 6) is -0.862. The Bertz CT molecular complexity index is 451. The van der Waals surface area contributed by atoms with Crippen molar-refractivity contribution >= 4 is 12.0 Å². The molecule has 1 aromatic rings. The lowest BCUT2D eigenvalue weighted by Crippen LogP contribution is -2.44. The third kappa shape index (κ3) is 3.99. The van der Waals surface area contributed by atoms with Gasteiger partial charge in [-0.25, -0.2) is 9.59 Å². The van der Waals surface area contributed by atoms with Gasteiger partial charge in [0.05, 0.1) is 6.54 Å². The van der Waals surface area contributed by atoms with Gasteiger partial charge in [0.1, 0.15) is 5.76 Å². The highest BCUT2D eigenvalue weighted by Crippen LogP contribution is 2.08. The van der Waals surface area contributed by atoms with Crippen LogP contribution in [0.5, 0.6) is 0 Å². The molecule has 1 aliphatic heterocycles. The number of urea groups is 1. The first-order chi connectivity index (χ1) is 9.15. The normalized spacial score (nSPS) is 16.0. The topological polar surface area (TPSA) is 101 Å². The molecule has 0 spiro atoms. The molecule has 1 saturated heterocycles. The number of nitrogens with one attached hydrogen (secondary N) is 2. The van der Waals surface area contributed by atoms with Crippen molar-refractivity contribution in [1.82, 2.24) is 10.6 Å². The van der Waals surface area contributed by atoms with Crippen molar-refractivity contribution in [3.8, 4) is 0 Å². The molecular weight excluding hydrogens is 252 g/mol. The van der Waals surface area contributed by atoms with Crippen molar-refractivity contribution < 1.29 is 23.8 Å². The van der Waals surface area contributed by atoms with E-state index >= 15 is 0 Å². The third-order valence-corrected chi connectivity index (χ3v) is 2.85. The van der Waals surface area contributed by atoms with E-state index in [1.807, 2.05) is 0 Å². The maximum absolute atomic E-state index is 11.6. The Balaban J connectivity index is 1.74. The second kappa shape index (κ2) is 6.24. The van der Waals surface area contributed by atoms with Gasteiger partial charge >= 0.3 is 12.0 Å². The number of hydrogen-bond acceptors (Lipinski definition) is 4. The minimum atomic E-state index is -1.13. The number of amides is 2. The van der Waals surface area contributed by atoms with Gasteiger partial charge in [0.2, 0.25) is 5.76 Å².